The monoisotopic (exact) mass is 1040 g/mol. The van der Waals surface area contributed by atoms with Crippen molar-refractivity contribution in [2.45, 2.75) is 38.8 Å². The zero-order chi connectivity index (χ0) is 44.9. The topological polar surface area (TPSA) is 266 Å². The minimum atomic E-state index is -3.81. The first-order valence-corrected chi connectivity index (χ1v) is 28.4. The van der Waals surface area contributed by atoms with Crippen LogP contribution in [0, 0.1) is 0 Å². The molecule has 4 unspecified atom stereocenters. The molecule has 22 nitrogen and oxygen atoms in total. The zero-order valence-electron chi connectivity index (χ0n) is 33.4. The van der Waals surface area contributed by atoms with Gasteiger partial charge in [-0.2, -0.15) is 71.6 Å². The Labute approximate surface area is 376 Å². The van der Waals surface area contributed by atoms with Crippen molar-refractivity contribution in [1.82, 2.24) is 0 Å². The Morgan fingerprint density at radius 2 is 0.678 bits per heavy atom. The molecule has 0 amide bonds. The van der Waals surface area contributed by atoms with Crippen molar-refractivity contribution in [2.75, 3.05) is 142 Å². The maximum Gasteiger partial charge on any atom is 0.266 e. The summed E-state index contributed by atoms with van der Waals surface area (Å²) >= 11 is 12.0. The van der Waals surface area contributed by atoms with Gasteiger partial charge in [0, 0.05) is 6.61 Å². The van der Waals surface area contributed by atoms with Crippen molar-refractivity contribution in [3.63, 3.8) is 0 Å². The van der Waals surface area contributed by atoms with Gasteiger partial charge >= 0.3 is 0 Å². The van der Waals surface area contributed by atoms with Gasteiger partial charge in [-0.1, -0.05) is 29.0 Å². The van der Waals surface area contributed by atoms with Gasteiger partial charge in [-0.15, -0.1) is 0 Å². The summed E-state index contributed by atoms with van der Waals surface area (Å²) < 4.78 is 158. The first-order chi connectivity index (χ1) is 27.1. The first kappa shape index (κ1) is 66.6. The van der Waals surface area contributed by atoms with Gasteiger partial charge < -0.3 is 47.4 Å². The summed E-state index contributed by atoms with van der Waals surface area (Å²) in [7, 11) is -11.6. The summed E-state index contributed by atoms with van der Waals surface area (Å²) in [6, 6.07) is 0. The fourth-order valence-electron chi connectivity index (χ4n) is 2.91. The van der Waals surface area contributed by atoms with Crippen LogP contribution in [0.3, 0.4) is 0 Å². The van der Waals surface area contributed by atoms with Crippen LogP contribution in [0.25, 0.3) is 0 Å². The number of hydrogen-bond acceptors (Lipinski definition) is 27. The number of thiol groups is 3. The molecule has 0 heterocycles. The Bertz CT molecular complexity index is 1270. The Morgan fingerprint density at radius 1 is 0.407 bits per heavy atom. The molecule has 0 radical (unpaired) electrons. The molecule has 0 bridgehead atoms. The van der Waals surface area contributed by atoms with E-state index in [1.807, 2.05) is 6.92 Å². The van der Waals surface area contributed by atoms with Crippen molar-refractivity contribution < 1.29 is 97.8 Å². The maximum absolute atomic E-state index is 11.1. The average Bonchev–Trinajstić information content (AvgIpc) is 3.11. The van der Waals surface area contributed by atoms with Crippen LogP contribution in [0.15, 0.2) is 0 Å². The minimum absolute atomic E-state index is 0. The average molecular weight is 1040 g/mol. The van der Waals surface area contributed by atoms with Gasteiger partial charge in [-0.3, -0.25) is 0 Å². The molecular weight excluding hydrogens is 977 g/mol. The summed E-state index contributed by atoms with van der Waals surface area (Å²) in [5, 5.41) is 0. The van der Waals surface area contributed by atoms with E-state index in [1.165, 1.54) is 0 Å². The lowest BCUT2D eigenvalue weighted by Gasteiger charge is -2.21. The molecule has 0 N–H and O–H groups in total. The molecular formula is C28H64O22S9. The van der Waals surface area contributed by atoms with E-state index in [1.54, 1.807) is 21.6 Å². The largest absolute Gasteiger partial charge is 0.379 e. The summed E-state index contributed by atoms with van der Waals surface area (Å²) in [6.45, 7) is 0.511. The molecule has 0 rings (SSSR count). The van der Waals surface area contributed by atoms with E-state index in [-0.39, 0.29) is 46.1 Å². The van der Waals surface area contributed by atoms with Crippen LogP contribution in [0.4, 0.5) is 0 Å². The summed E-state index contributed by atoms with van der Waals surface area (Å²) in [5.74, 6) is 1.00. The fraction of sp³-hybridized carbons (Fsp3) is 1.00. The number of hydrogen-bond donors (Lipinski definition) is 3. The van der Waals surface area contributed by atoms with Crippen LogP contribution in [0.2, 0.25) is 0 Å². The van der Waals surface area contributed by atoms with Crippen molar-refractivity contribution in [3.05, 3.63) is 0 Å². The molecule has 0 saturated carbocycles. The van der Waals surface area contributed by atoms with E-state index in [9.17, 15) is 33.7 Å². The van der Waals surface area contributed by atoms with Crippen molar-refractivity contribution in [3.8, 4) is 0 Å². The molecule has 31 heteroatoms. The Morgan fingerprint density at radius 3 is 0.949 bits per heavy atom. The van der Waals surface area contributed by atoms with E-state index in [0.29, 0.717) is 50.9 Å². The van der Waals surface area contributed by atoms with Crippen LogP contribution in [-0.2, 0) is 105 Å². The molecule has 0 saturated heterocycles. The molecule has 0 aliphatic carbocycles. The highest BCUT2D eigenvalue weighted by atomic mass is 33.1. The molecule has 0 aliphatic rings. The molecule has 59 heavy (non-hydrogen) atoms. The van der Waals surface area contributed by atoms with Gasteiger partial charge in [0.1, 0.15) is 24.4 Å². The molecule has 362 valence electrons. The van der Waals surface area contributed by atoms with Crippen molar-refractivity contribution in [2.24, 2.45) is 0 Å². The SMILES string of the molecule is C.CCOCC(COCC(COCS)OCS)OCS.CS(=O)(=O)OCOCC(COCC(COCOS(C)(=O)=O)OCOS(C)(=O)=O)OCOS(C)(=O)=O.CSSC. The van der Waals surface area contributed by atoms with Gasteiger partial charge in [0.2, 0.25) is 0 Å². The molecule has 0 fully saturated rings. The van der Waals surface area contributed by atoms with Crippen molar-refractivity contribution in [1.29, 1.82) is 0 Å². The third kappa shape index (κ3) is 57.0. The van der Waals surface area contributed by atoms with E-state index in [2.05, 4.69) is 67.1 Å². The maximum atomic E-state index is 11.1. The van der Waals surface area contributed by atoms with Crippen LogP contribution < -0.4 is 0 Å². The van der Waals surface area contributed by atoms with Gasteiger partial charge in [-0.25, -0.2) is 16.7 Å². The molecule has 0 aromatic carbocycles. The summed E-state index contributed by atoms with van der Waals surface area (Å²) in [4.78, 5) is 0. The third-order valence-corrected chi connectivity index (χ3v) is 9.25. The van der Waals surface area contributed by atoms with Gasteiger partial charge in [0.05, 0.1) is 95.7 Å². The van der Waals surface area contributed by atoms with Crippen molar-refractivity contribution >= 4 is 99.9 Å². The smallest absolute Gasteiger partial charge is 0.266 e. The van der Waals surface area contributed by atoms with Crippen LogP contribution in [0.1, 0.15) is 14.4 Å². The van der Waals surface area contributed by atoms with E-state index in [4.69, 9.17) is 47.4 Å². The zero-order valence-corrected chi connectivity index (χ0v) is 41.0. The predicted molar refractivity (Wildman–Crippen MR) is 234 cm³/mol. The molecule has 4 atom stereocenters. The van der Waals surface area contributed by atoms with Crippen LogP contribution in [-0.4, -0.2) is 200 Å². The third-order valence-electron chi connectivity index (χ3n) is 5.34. The first-order valence-electron chi connectivity index (χ1n) is 16.3. The predicted octanol–water partition coefficient (Wildman–Crippen LogP) is 1.29. The molecule has 0 spiro atoms. The van der Waals surface area contributed by atoms with Gasteiger partial charge in [0.25, 0.3) is 40.5 Å². The quantitative estimate of drug-likeness (QED) is 0.0260. The van der Waals surface area contributed by atoms with E-state index >= 15 is 0 Å². The minimum Gasteiger partial charge on any atom is -0.379 e. The molecule has 0 aromatic rings. The van der Waals surface area contributed by atoms with Crippen LogP contribution >= 0.6 is 59.5 Å². The number of ether oxygens (including phenoxy) is 10. The second kappa shape index (κ2) is 41.7. The highest BCUT2D eigenvalue weighted by Gasteiger charge is 2.18. The second-order valence-corrected chi connectivity index (χ2v) is 20.5. The van der Waals surface area contributed by atoms with E-state index < -0.39 is 79.9 Å². The molecule has 0 aromatic heterocycles. The Kier molecular flexibility index (Phi) is 47.0. The summed E-state index contributed by atoms with van der Waals surface area (Å²) in [5.41, 5.74) is 0. The van der Waals surface area contributed by atoms with Crippen LogP contribution in [0.5, 0.6) is 0 Å². The lowest BCUT2D eigenvalue weighted by Crippen LogP contribution is -2.32. The highest BCUT2D eigenvalue weighted by Crippen LogP contribution is 2.09. The standard InChI is InChI=1S/C14H30O17S4.C11H24O5S3.C2H6S2.CH4/c1-32(15,16)28-9-24-7-13(26-11-30-34(3,19)20)5-23-6-14(27-12-31-35(4,21)22)8-25-10-29-33(2,17)18;1-2-12-3-10(15-8-18)4-13-5-11(16-9-19)6-14-7-17;1-3-4-2;/h13-14H,5-12H2,1-4H3;10-11,17-19H,2-9H2,1H3;1-2H3;1H4. The lowest BCUT2D eigenvalue weighted by atomic mass is 10.4. The highest BCUT2D eigenvalue weighted by molar-refractivity contribution is 8.76. The number of rotatable bonds is 37. The fourth-order valence-corrected chi connectivity index (χ4v) is 4.38. The van der Waals surface area contributed by atoms with Gasteiger partial charge in [-0.05, 0) is 19.4 Å². The van der Waals surface area contributed by atoms with Gasteiger partial charge in [0.15, 0.2) is 27.2 Å². The Balaban J connectivity index is -0.000000528. The van der Waals surface area contributed by atoms with E-state index in [0.717, 1.165) is 25.0 Å². The second-order valence-electron chi connectivity index (χ2n) is 10.5. The Hall–Kier alpha value is 0.990. The molecule has 0 aliphatic heterocycles. The lowest BCUT2D eigenvalue weighted by molar-refractivity contribution is -0.139. The summed E-state index contributed by atoms with van der Waals surface area (Å²) in [6.07, 6.45) is 5.11. The normalized spacial score (nSPS) is 14.2.